The van der Waals surface area contributed by atoms with E-state index in [1.165, 1.54) is 5.56 Å². The van der Waals surface area contributed by atoms with E-state index in [1.54, 1.807) is 13.3 Å². The van der Waals surface area contributed by atoms with Gasteiger partial charge in [-0.15, -0.1) is 0 Å². The molecule has 0 fully saturated rings. The molecule has 1 N–H and O–H groups in total. The molecule has 0 bridgehead atoms. The van der Waals surface area contributed by atoms with Gasteiger partial charge in [0.15, 0.2) is 0 Å². The molecule has 0 spiro atoms. The van der Waals surface area contributed by atoms with Gasteiger partial charge in [0.05, 0.1) is 12.3 Å². The van der Waals surface area contributed by atoms with E-state index >= 15 is 0 Å². The quantitative estimate of drug-likeness (QED) is 0.787. The Morgan fingerprint density at radius 2 is 1.95 bits per heavy atom. The predicted octanol–water partition coefficient (Wildman–Crippen LogP) is 2.92. The molecule has 1 aromatic carbocycles. The molecule has 0 aliphatic heterocycles. The first-order chi connectivity index (χ1) is 9.79. The molecule has 0 radical (unpaired) electrons. The molecule has 4 nitrogen and oxygen atoms in total. The van der Waals surface area contributed by atoms with Crippen LogP contribution in [0.1, 0.15) is 11.3 Å². The Kier molecular flexibility index (Phi) is 5.53. The molecule has 20 heavy (non-hydrogen) atoms. The Bertz CT molecular complexity index is 526. The number of hydrogen-bond donors (Lipinski definition) is 1. The van der Waals surface area contributed by atoms with Gasteiger partial charge in [0.25, 0.3) is 0 Å². The van der Waals surface area contributed by atoms with E-state index < -0.39 is 0 Å². The summed E-state index contributed by atoms with van der Waals surface area (Å²) in [6.45, 7) is 4.34. The summed E-state index contributed by atoms with van der Waals surface area (Å²) < 4.78 is 10.8. The second kappa shape index (κ2) is 7.62. The molecule has 0 atom stereocenters. The number of methoxy groups -OCH3 is 1. The van der Waals surface area contributed by atoms with Crippen LogP contribution in [0.25, 0.3) is 0 Å². The van der Waals surface area contributed by atoms with Crippen LogP contribution in [-0.4, -0.2) is 25.2 Å². The van der Waals surface area contributed by atoms with Gasteiger partial charge in [0.1, 0.15) is 11.5 Å². The average Bonchev–Trinajstić information content (AvgIpc) is 2.48. The maximum Gasteiger partial charge on any atom is 0.148 e. The standard InChI is InChI=1S/C16H20N2O2/c1-13-16(4-3-9-18-13)20-15-7-5-14(6-8-15)12-17-10-11-19-2/h3-9,17H,10-12H2,1-2H3. The Hall–Kier alpha value is -1.91. The van der Waals surface area contributed by atoms with Crippen molar-refractivity contribution >= 4 is 0 Å². The van der Waals surface area contributed by atoms with Crippen molar-refractivity contribution in [2.75, 3.05) is 20.3 Å². The normalized spacial score (nSPS) is 10.5. The zero-order valence-corrected chi connectivity index (χ0v) is 11.9. The molecule has 0 saturated carbocycles. The van der Waals surface area contributed by atoms with Crippen molar-refractivity contribution in [3.8, 4) is 11.5 Å². The Morgan fingerprint density at radius 1 is 1.15 bits per heavy atom. The SMILES string of the molecule is COCCNCc1ccc(Oc2cccnc2C)cc1. The van der Waals surface area contributed by atoms with Crippen LogP contribution in [0.15, 0.2) is 42.6 Å². The highest BCUT2D eigenvalue weighted by Crippen LogP contribution is 2.23. The van der Waals surface area contributed by atoms with E-state index in [4.69, 9.17) is 9.47 Å². The first-order valence-electron chi connectivity index (χ1n) is 6.67. The van der Waals surface area contributed by atoms with Crippen molar-refractivity contribution in [1.82, 2.24) is 10.3 Å². The number of rotatable bonds is 7. The van der Waals surface area contributed by atoms with Crippen LogP contribution in [0.4, 0.5) is 0 Å². The highest BCUT2D eigenvalue weighted by atomic mass is 16.5. The summed E-state index contributed by atoms with van der Waals surface area (Å²) in [4.78, 5) is 4.20. The second-order valence-corrected chi connectivity index (χ2v) is 4.50. The zero-order chi connectivity index (χ0) is 14.2. The third-order valence-electron chi connectivity index (χ3n) is 2.92. The highest BCUT2D eigenvalue weighted by molar-refractivity contribution is 5.34. The first-order valence-corrected chi connectivity index (χ1v) is 6.67. The number of pyridine rings is 1. The molecule has 106 valence electrons. The third kappa shape index (κ3) is 4.33. The molecule has 1 aromatic heterocycles. The largest absolute Gasteiger partial charge is 0.455 e. The van der Waals surface area contributed by atoms with Gasteiger partial charge in [-0.2, -0.15) is 0 Å². The molecule has 0 unspecified atom stereocenters. The lowest BCUT2D eigenvalue weighted by molar-refractivity contribution is 0.199. The van der Waals surface area contributed by atoms with Gasteiger partial charge in [-0.1, -0.05) is 12.1 Å². The molecule has 2 rings (SSSR count). The summed E-state index contributed by atoms with van der Waals surface area (Å²) in [5, 5.41) is 3.31. The van der Waals surface area contributed by atoms with Crippen molar-refractivity contribution in [3.05, 3.63) is 53.9 Å². The third-order valence-corrected chi connectivity index (χ3v) is 2.92. The summed E-state index contributed by atoms with van der Waals surface area (Å²) in [6, 6.07) is 11.8. The number of benzene rings is 1. The van der Waals surface area contributed by atoms with Gasteiger partial charge in [0, 0.05) is 26.4 Å². The lowest BCUT2D eigenvalue weighted by Crippen LogP contribution is -2.18. The summed E-state index contributed by atoms with van der Waals surface area (Å²) in [5.74, 6) is 1.61. The smallest absolute Gasteiger partial charge is 0.148 e. The molecule has 1 heterocycles. The van der Waals surface area contributed by atoms with E-state index in [-0.39, 0.29) is 0 Å². The molecular weight excluding hydrogens is 252 g/mol. The second-order valence-electron chi connectivity index (χ2n) is 4.50. The van der Waals surface area contributed by atoms with Crippen LogP contribution in [0.3, 0.4) is 0 Å². The number of ether oxygens (including phenoxy) is 2. The van der Waals surface area contributed by atoms with Gasteiger partial charge < -0.3 is 14.8 Å². The fourth-order valence-electron chi connectivity index (χ4n) is 1.79. The van der Waals surface area contributed by atoms with E-state index in [1.807, 2.05) is 31.2 Å². The maximum absolute atomic E-state index is 5.80. The number of nitrogens with zero attached hydrogens (tertiary/aromatic N) is 1. The van der Waals surface area contributed by atoms with Crippen molar-refractivity contribution < 1.29 is 9.47 Å². The van der Waals surface area contributed by atoms with Crippen LogP contribution >= 0.6 is 0 Å². The van der Waals surface area contributed by atoms with Crippen LogP contribution < -0.4 is 10.1 Å². The lowest BCUT2D eigenvalue weighted by Gasteiger charge is -2.09. The fourth-order valence-corrected chi connectivity index (χ4v) is 1.79. The van der Waals surface area contributed by atoms with E-state index in [9.17, 15) is 0 Å². The lowest BCUT2D eigenvalue weighted by atomic mass is 10.2. The summed E-state index contributed by atoms with van der Waals surface area (Å²) in [5.41, 5.74) is 2.11. The highest BCUT2D eigenvalue weighted by Gasteiger charge is 2.01. The van der Waals surface area contributed by atoms with E-state index in [2.05, 4.69) is 22.4 Å². The van der Waals surface area contributed by atoms with Gasteiger partial charge in [0.2, 0.25) is 0 Å². The molecule has 2 aromatic rings. The van der Waals surface area contributed by atoms with Gasteiger partial charge in [-0.05, 0) is 36.8 Å². The predicted molar refractivity (Wildman–Crippen MR) is 79.1 cm³/mol. The van der Waals surface area contributed by atoms with Gasteiger partial charge in [-0.3, -0.25) is 4.98 Å². The average molecular weight is 272 g/mol. The van der Waals surface area contributed by atoms with E-state index in [0.717, 1.165) is 36.9 Å². The number of nitrogens with one attached hydrogen (secondary N) is 1. The maximum atomic E-state index is 5.80. The van der Waals surface area contributed by atoms with Crippen LogP contribution in [0.5, 0.6) is 11.5 Å². The van der Waals surface area contributed by atoms with E-state index in [0.29, 0.717) is 0 Å². The number of aromatic nitrogens is 1. The van der Waals surface area contributed by atoms with Crippen LogP contribution in [-0.2, 0) is 11.3 Å². The number of aryl methyl sites for hydroxylation is 1. The zero-order valence-electron chi connectivity index (χ0n) is 11.9. The topological polar surface area (TPSA) is 43.4 Å². The Morgan fingerprint density at radius 3 is 2.65 bits per heavy atom. The van der Waals surface area contributed by atoms with Crippen molar-refractivity contribution in [2.24, 2.45) is 0 Å². The minimum absolute atomic E-state index is 0.724. The minimum atomic E-state index is 0.724. The first kappa shape index (κ1) is 14.5. The van der Waals surface area contributed by atoms with Crippen molar-refractivity contribution in [3.63, 3.8) is 0 Å². The van der Waals surface area contributed by atoms with Crippen LogP contribution in [0.2, 0.25) is 0 Å². The van der Waals surface area contributed by atoms with Crippen molar-refractivity contribution in [1.29, 1.82) is 0 Å². The number of hydrogen-bond acceptors (Lipinski definition) is 4. The molecule has 0 amide bonds. The van der Waals surface area contributed by atoms with Crippen molar-refractivity contribution in [2.45, 2.75) is 13.5 Å². The molecule has 0 aliphatic rings. The minimum Gasteiger partial charge on any atom is -0.455 e. The molecule has 4 heteroatoms. The summed E-state index contributed by atoms with van der Waals surface area (Å²) >= 11 is 0. The Balaban J connectivity index is 1.90. The molecule has 0 saturated heterocycles. The van der Waals surface area contributed by atoms with Crippen LogP contribution in [0, 0.1) is 6.92 Å². The summed E-state index contributed by atoms with van der Waals surface area (Å²) in [6.07, 6.45) is 1.76. The molecule has 0 aliphatic carbocycles. The van der Waals surface area contributed by atoms with Gasteiger partial charge >= 0.3 is 0 Å². The summed E-state index contributed by atoms with van der Waals surface area (Å²) in [7, 11) is 1.70. The monoisotopic (exact) mass is 272 g/mol. The molecular formula is C16H20N2O2. The Labute approximate surface area is 119 Å². The van der Waals surface area contributed by atoms with Gasteiger partial charge in [-0.25, -0.2) is 0 Å². The fraction of sp³-hybridized carbons (Fsp3) is 0.312.